The molecule has 0 fully saturated rings. The molecule has 0 unspecified atom stereocenters. The number of carbonyl (C=O) groups excluding carboxylic acids is 2. The first-order valence-corrected chi connectivity index (χ1v) is 12.9. The van der Waals surface area contributed by atoms with Crippen LogP contribution in [0, 0.1) is 0 Å². The Morgan fingerprint density at radius 1 is 1.21 bits per heavy atom. The Morgan fingerprint density at radius 3 is 2.67 bits per heavy atom. The van der Waals surface area contributed by atoms with Crippen LogP contribution < -0.4 is 5.32 Å². The minimum absolute atomic E-state index is 0.147. The molecular weight excluding hydrogens is 480 g/mol. The number of rotatable bonds is 7. The summed E-state index contributed by atoms with van der Waals surface area (Å²) < 4.78 is 7.31. The second kappa shape index (κ2) is 10.3. The first-order chi connectivity index (χ1) is 15.8. The van der Waals surface area contributed by atoms with Crippen molar-refractivity contribution in [3.05, 3.63) is 45.3 Å². The topological polar surface area (TPSA) is 86.1 Å². The standard InChI is InChI=1S/C23H25ClN4O3S2/c1-13(2)31-22(30)19-16-6-4-5-7-17(16)33-21(19)25-18(29)12-32-23-27-26-20(28(23)3)14-8-10-15(24)11-9-14/h8-11,13H,4-7,12H2,1-3H3,(H,25,29). The van der Waals surface area contributed by atoms with Gasteiger partial charge in [0.05, 0.1) is 17.4 Å². The predicted molar refractivity (Wildman–Crippen MR) is 132 cm³/mol. The summed E-state index contributed by atoms with van der Waals surface area (Å²) in [6.45, 7) is 3.65. The lowest BCUT2D eigenvalue weighted by molar-refractivity contribution is -0.113. The van der Waals surface area contributed by atoms with Gasteiger partial charge in [0.25, 0.3) is 0 Å². The number of hydrogen-bond acceptors (Lipinski definition) is 7. The SMILES string of the molecule is CC(C)OC(=O)c1c(NC(=O)CSc2nnc(-c3ccc(Cl)cc3)n2C)sc2c1CCCC2. The molecule has 0 radical (unpaired) electrons. The number of carbonyl (C=O) groups is 2. The highest BCUT2D eigenvalue weighted by Crippen LogP contribution is 2.39. The molecule has 0 aliphatic heterocycles. The molecule has 10 heteroatoms. The first kappa shape index (κ1) is 23.8. The Balaban J connectivity index is 1.46. The number of esters is 1. The van der Waals surface area contributed by atoms with Gasteiger partial charge in [-0.2, -0.15) is 0 Å². The Morgan fingerprint density at radius 2 is 1.94 bits per heavy atom. The van der Waals surface area contributed by atoms with Crippen molar-refractivity contribution in [3.8, 4) is 11.4 Å². The highest BCUT2D eigenvalue weighted by Gasteiger charge is 2.28. The molecule has 174 valence electrons. The van der Waals surface area contributed by atoms with Crippen LogP contribution >= 0.6 is 34.7 Å². The smallest absolute Gasteiger partial charge is 0.341 e. The number of ether oxygens (including phenoxy) is 1. The van der Waals surface area contributed by atoms with Crippen LogP contribution in [-0.4, -0.2) is 38.5 Å². The van der Waals surface area contributed by atoms with Gasteiger partial charge in [0, 0.05) is 22.5 Å². The van der Waals surface area contributed by atoms with Gasteiger partial charge in [-0.15, -0.1) is 21.5 Å². The quantitative estimate of drug-likeness (QED) is 0.344. The van der Waals surface area contributed by atoms with Crippen LogP contribution in [0.15, 0.2) is 29.4 Å². The molecule has 2 aromatic heterocycles. The molecule has 0 saturated heterocycles. The summed E-state index contributed by atoms with van der Waals surface area (Å²) in [5, 5.41) is 13.3. The zero-order chi connectivity index (χ0) is 23.5. The fourth-order valence-electron chi connectivity index (χ4n) is 3.73. The maximum absolute atomic E-state index is 12.8. The van der Waals surface area contributed by atoms with Crippen LogP contribution in [0.4, 0.5) is 5.00 Å². The average molecular weight is 505 g/mol. The molecule has 7 nitrogen and oxygen atoms in total. The van der Waals surface area contributed by atoms with Crippen molar-refractivity contribution in [1.82, 2.24) is 14.8 Å². The monoisotopic (exact) mass is 504 g/mol. The van der Waals surface area contributed by atoms with Crippen LogP contribution in [0.5, 0.6) is 0 Å². The normalized spacial score (nSPS) is 13.1. The van der Waals surface area contributed by atoms with Crippen LogP contribution in [0.2, 0.25) is 5.02 Å². The van der Waals surface area contributed by atoms with Crippen LogP contribution in [0.1, 0.15) is 47.5 Å². The molecule has 33 heavy (non-hydrogen) atoms. The number of thioether (sulfide) groups is 1. The number of aromatic nitrogens is 3. The molecule has 1 amide bonds. The number of hydrogen-bond donors (Lipinski definition) is 1. The zero-order valence-corrected chi connectivity index (χ0v) is 21.1. The molecule has 0 saturated carbocycles. The van der Waals surface area contributed by atoms with E-state index in [1.54, 1.807) is 12.1 Å². The van der Waals surface area contributed by atoms with E-state index in [4.69, 9.17) is 16.3 Å². The largest absolute Gasteiger partial charge is 0.459 e. The van der Waals surface area contributed by atoms with Gasteiger partial charge in [0.2, 0.25) is 5.91 Å². The molecule has 3 aromatic rings. The van der Waals surface area contributed by atoms with Crippen molar-refractivity contribution in [1.29, 1.82) is 0 Å². The van der Waals surface area contributed by atoms with Crippen molar-refractivity contribution in [3.63, 3.8) is 0 Å². The predicted octanol–water partition coefficient (Wildman–Crippen LogP) is 5.37. The van der Waals surface area contributed by atoms with E-state index >= 15 is 0 Å². The third-order valence-corrected chi connectivity index (χ3v) is 7.72. The Kier molecular flexibility index (Phi) is 7.41. The average Bonchev–Trinajstić information content (AvgIpc) is 3.32. The second-order valence-corrected chi connectivity index (χ2v) is 10.6. The summed E-state index contributed by atoms with van der Waals surface area (Å²) in [4.78, 5) is 26.7. The van der Waals surface area contributed by atoms with Crippen LogP contribution in [0.25, 0.3) is 11.4 Å². The van der Waals surface area contributed by atoms with Gasteiger partial charge >= 0.3 is 5.97 Å². The van der Waals surface area contributed by atoms with Crippen molar-refractivity contribution in [2.45, 2.75) is 50.8 Å². The van der Waals surface area contributed by atoms with E-state index in [1.807, 2.05) is 37.6 Å². The number of amides is 1. The Hall–Kier alpha value is -2.36. The number of thiophene rings is 1. The molecule has 0 spiro atoms. The van der Waals surface area contributed by atoms with Crippen molar-refractivity contribution in [2.75, 3.05) is 11.1 Å². The van der Waals surface area contributed by atoms with Gasteiger partial charge in [-0.1, -0.05) is 23.4 Å². The summed E-state index contributed by atoms with van der Waals surface area (Å²) in [5.74, 6) is 0.272. The lowest BCUT2D eigenvalue weighted by Crippen LogP contribution is -2.19. The summed E-state index contributed by atoms with van der Waals surface area (Å²) in [6.07, 6.45) is 3.68. The minimum Gasteiger partial charge on any atom is -0.459 e. The number of fused-ring (bicyclic) bond motifs is 1. The highest BCUT2D eigenvalue weighted by atomic mass is 35.5. The van der Waals surface area contributed by atoms with Gasteiger partial charge in [-0.3, -0.25) is 4.79 Å². The van der Waals surface area contributed by atoms with Crippen molar-refractivity contribution >= 4 is 51.6 Å². The summed E-state index contributed by atoms with van der Waals surface area (Å²) in [5.41, 5.74) is 2.44. The maximum atomic E-state index is 12.8. The van der Waals surface area contributed by atoms with Gasteiger partial charge in [0.15, 0.2) is 11.0 Å². The number of halogens is 1. The molecule has 1 aromatic carbocycles. The lowest BCUT2D eigenvalue weighted by atomic mass is 9.95. The lowest BCUT2D eigenvalue weighted by Gasteiger charge is -2.14. The molecule has 1 aliphatic carbocycles. The van der Waals surface area contributed by atoms with E-state index in [2.05, 4.69) is 15.5 Å². The number of anilines is 1. The van der Waals surface area contributed by atoms with Gasteiger partial charge < -0.3 is 14.6 Å². The molecular formula is C23H25ClN4O3S2. The van der Waals surface area contributed by atoms with E-state index in [0.717, 1.165) is 36.8 Å². The molecule has 0 bridgehead atoms. The molecule has 1 aliphatic rings. The number of nitrogens with one attached hydrogen (secondary N) is 1. The van der Waals surface area contributed by atoms with E-state index in [0.29, 0.717) is 26.6 Å². The van der Waals surface area contributed by atoms with Crippen molar-refractivity contribution in [2.24, 2.45) is 7.05 Å². The molecule has 4 rings (SSSR count). The molecule has 2 heterocycles. The fraction of sp³-hybridized carbons (Fsp3) is 0.391. The highest BCUT2D eigenvalue weighted by molar-refractivity contribution is 7.99. The maximum Gasteiger partial charge on any atom is 0.341 e. The van der Waals surface area contributed by atoms with Gasteiger partial charge in [-0.05, 0) is 69.4 Å². The minimum atomic E-state index is -0.367. The van der Waals surface area contributed by atoms with E-state index in [9.17, 15) is 9.59 Å². The first-order valence-electron chi connectivity index (χ1n) is 10.8. The second-order valence-electron chi connectivity index (χ2n) is 8.08. The summed E-state index contributed by atoms with van der Waals surface area (Å²) in [6, 6.07) is 7.36. The fourth-order valence-corrected chi connectivity index (χ4v) is 5.86. The summed E-state index contributed by atoms with van der Waals surface area (Å²) >= 11 is 8.74. The third kappa shape index (κ3) is 5.42. The van der Waals surface area contributed by atoms with Crippen molar-refractivity contribution < 1.29 is 14.3 Å². The molecule has 1 N–H and O–H groups in total. The number of benzene rings is 1. The van der Waals surface area contributed by atoms with E-state index in [-0.39, 0.29) is 23.7 Å². The number of aryl methyl sites for hydroxylation is 1. The van der Waals surface area contributed by atoms with E-state index < -0.39 is 0 Å². The van der Waals surface area contributed by atoms with Gasteiger partial charge in [-0.25, -0.2) is 4.79 Å². The Labute approximate surface area is 205 Å². The van der Waals surface area contributed by atoms with Gasteiger partial charge in [0.1, 0.15) is 5.00 Å². The molecule has 0 atom stereocenters. The van der Waals surface area contributed by atoms with E-state index in [1.165, 1.54) is 28.0 Å². The van der Waals surface area contributed by atoms with Crippen LogP contribution in [-0.2, 0) is 29.4 Å². The van der Waals surface area contributed by atoms with Crippen LogP contribution in [0.3, 0.4) is 0 Å². The summed E-state index contributed by atoms with van der Waals surface area (Å²) in [7, 11) is 1.86. The number of nitrogens with zero attached hydrogens (tertiary/aromatic N) is 3. The zero-order valence-electron chi connectivity index (χ0n) is 18.7. The Bertz CT molecular complexity index is 1170. The third-order valence-electron chi connectivity index (χ3n) is 5.24.